The van der Waals surface area contributed by atoms with Crippen LogP contribution in [0.15, 0.2) is 51.7 Å². The van der Waals surface area contributed by atoms with E-state index in [0.717, 1.165) is 15.4 Å². The highest BCUT2D eigenvalue weighted by molar-refractivity contribution is 9.10. The third kappa shape index (κ3) is 2.16. The summed E-state index contributed by atoms with van der Waals surface area (Å²) >= 11 is 3.60. The zero-order chi connectivity index (χ0) is 15.1. The van der Waals surface area contributed by atoms with E-state index < -0.39 is 0 Å². The number of pyridine rings is 1. The first-order valence-electron chi connectivity index (χ1n) is 6.58. The number of para-hydroxylation sites is 1. The number of hydrogen-bond acceptors (Lipinski definition) is 2. The number of nitrogens with zero attached hydrogens (tertiary/aromatic N) is 1. The van der Waals surface area contributed by atoms with E-state index in [1.165, 1.54) is 0 Å². The van der Waals surface area contributed by atoms with Crippen LogP contribution in [0.1, 0.15) is 5.56 Å². The van der Waals surface area contributed by atoms with E-state index in [1.54, 1.807) is 29.8 Å². The molecule has 0 saturated carbocycles. The lowest BCUT2D eigenvalue weighted by molar-refractivity contribution is 0.476. The monoisotopic (exact) mass is 343 g/mol. The van der Waals surface area contributed by atoms with Crippen molar-refractivity contribution in [1.82, 2.24) is 4.57 Å². The minimum Gasteiger partial charge on any atom is -0.507 e. The molecule has 0 radical (unpaired) electrons. The van der Waals surface area contributed by atoms with Gasteiger partial charge in [-0.2, -0.15) is 0 Å². The van der Waals surface area contributed by atoms with Gasteiger partial charge in [-0.1, -0.05) is 29.8 Å². The van der Waals surface area contributed by atoms with Crippen LogP contribution in [0.25, 0.3) is 22.0 Å². The summed E-state index contributed by atoms with van der Waals surface area (Å²) in [5.41, 5.74) is 2.31. The van der Waals surface area contributed by atoms with Crippen LogP contribution in [-0.4, -0.2) is 9.67 Å². The second-order valence-electron chi connectivity index (χ2n) is 5.09. The van der Waals surface area contributed by atoms with E-state index in [9.17, 15) is 9.90 Å². The maximum absolute atomic E-state index is 12.6. The van der Waals surface area contributed by atoms with Gasteiger partial charge in [-0.25, -0.2) is 0 Å². The molecule has 21 heavy (non-hydrogen) atoms. The van der Waals surface area contributed by atoms with Crippen LogP contribution >= 0.6 is 15.9 Å². The lowest BCUT2D eigenvalue weighted by Crippen LogP contribution is -2.19. The Morgan fingerprint density at radius 2 is 1.81 bits per heavy atom. The number of aromatic nitrogens is 1. The zero-order valence-corrected chi connectivity index (χ0v) is 13.3. The average Bonchev–Trinajstić information content (AvgIpc) is 2.47. The van der Waals surface area contributed by atoms with Gasteiger partial charge in [-0.3, -0.25) is 4.79 Å². The highest BCUT2D eigenvalue weighted by Crippen LogP contribution is 2.36. The first-order valence-corrected chi connectivity index (χ1v) is 7.37. The van der Waals surface area contributed by atoms with Crippen molar-refractivity contribution in [2.75, 3.05) is 0 Å². The molecule has 0 amide bonds. The molecule has 0 fully saturated rings. The summed E-state index contributed by atoms with van der Waals surface area (Å²) in [4.78, 5) is 12.6. The fraction of sp³-hybridized carbons (Fsp3) is 0.118. The van der Waals surface area contributed by atoms with Gasteiger partial charge in [0.25, 0.3) is 5.56 Å². The highest BCUT2D eigenvalue weighted by Gasteiger charge is 2.16. The van der Waals surface area contributed by atoms with E-state index in [1.807, 2.05) is 31.2 Å². The molecular formula is C17H14BrNO2. The molecule has 1 heterocycles. The van der Waals surface area contributed by atoms with Crippen molar-refractivity contribution in [3.8, 4) is 17.0 Å². The molecule has 0 aliphatic heterocycles. The quantitative estimate of drug-likeness (QED) is 0.726. The molecule has 0 aliphatic rings. The molecule has 3 rings (SSSR count). The van der Waals surface area contributed by atoms with Crippen LogP contribution in [0.5, 0.6) is 5.75 Å². The van der Waals surface area contributed by atoms with Gasteiger partial charge in [0, 0.05) is 23.4 Å². The van der Waals surface area contributed by atoms with Crippen LogP contribution in [0.4, 0.5) is 0 Å². The van der Waals surface area contributed by atoms with Gasteiger partial charge in [0.15, 0.2) is 0 Å². The van der Waals surface area contributed by atoms with Gasteiger partial charge >= 0.3 is 0 Å². The van der Waals surface area contributed by atoms with E-state index in [2.05, 4.69) is 15.9 Å². The Morgan fingerprint density at radius 3 is 2.52 bits per heavy atom. The lowest BCUT2D eigenvalue weighted by atomic mass is 10.0. The Balaban J connectivity index is 2.50. The maximum Gasteiger partial charge on any atom is 0.258 e. The second kappa shape index (κ2) is 5.04. The smallest absolute Gasteiger partial charge is 0.258 e. The highest BCUT2D eigenvalue weighted by atomic mass is 79.9. The molecule has 0 aliphatic carbocycles. The molecule has 1 aromatic heterocycles. The van der Waals surface area contributed by atoms with Gasteiger partial charge in [0.05, 0.1) is 10.2 Å². The van der Waals surface area contributed by atoms with E-state index in [0.29, 0.717) is 16.6 Å². The summed E-state index contributed by atoms with van der Waals surface area (Å²) in [6.45, 7) is 1.99. The third-order valence-corrected chi connectivity index (χ3v) is 4.45. The van der Waals surface area contributed by atoms with Crippen molar-refractivity contribution in [2.45, 2.75) is 6.92 Å². The van der Waals surface area contributed by atoms with E-state index in [4.69, 9.17) is 0 Å². The summed E-state index contributed by atoms with van der Waals surface area (Å²) in [5.74, 6) is 0.153. The molecule has 0 bridgehead atoms. The number of phenolic OH excluding ortho intramolecular Hbond substituents is 1. The summed E-state index contributed by atoms with van der Waals surface area (Å²) in [5, 5.41) is 11.6. The van der Waals surface area contributed by atoms with Crippen molar-refractivity contribution in [1.29, 1.82) is 0 Å². The Bertz CT molecular complexity index is 913. The molecule has 1 N–H and O–H groups in total. The van der Waals surface area contributed by atoms with Crippen LogP contribution < -0.4 is 5.56 Å². The predicted octanol–water partition coefficient (Wildman–Crippen LogP) is 3.98. The van der Waals surface area contributed by atoms with Crippen molar-refractivity contribution in [3.63, 3.8) is 0 Å². The SMILES string of the molecule is Cc1ccc2c(=O)n(C)c(-c3ccccc3O)c(Br)c2c1. The van der Waals surface area contributed by atoms with Gasteiger partial charge in [0.2, 0.25) is 0 Å². The Labute approximate surface area is 130 Å². The normalized spacial score (nSPS) is 11.0. The van der Waals surface area contributed by atoms with Crippen LogP contribution in [0.2, 0.25) is 0 Å². The molecule has 2 aromatic carbocycles. The van der Waals surface area contributed by atoms with Gasteiger partial charge in [-0.05, 0) is 41.1 Å². The molecule has 0 saturated heterocycles. The van der Waals surface area contributed by atoms with Gasteiger partial charge in [-0.15, -0.1) is 0 Å². The molecule has 106 valence electrons. The van der Waals surface area contributed by atoms with Crippen molar-refractivity contribution in [2.24, 2.45) is 7.05 Å². The number of rotatable bonds is 1. The number of aryl methyl sites for hydroxylation is 1. The number of hydrogen-bond donors (Lipinski definition) is 1. The number of halogens is 1. The first kappa shape index (κ1) is 13.9. The van der Waals surface area contributed by atoms with Crippen molar-refractivity contribution >= 4 is 26.7 Å². The molecular weight excluding hydrogens is 330 g/mol. The van der Waals surface area contributed by atoms with Crippen molar-refractivity contribution in [3.05, 3.63) is 62.9 Å². The molecule has 4 heteroatoms. The van der Waals surface area contributed by atoms with Crippen LogP contribution in [0, 0.1) is 6.92 Å². The Kier molecular flexibility index (Phi) is 3.33. The largest absolute Gasteiger partial charge is 0.507 e. The zero-order valence-electron chi connectivity index (χ0n) is 11.7. The Hall–Kier alpha value is -2.07. The lowest BCUT2D eigenvalue weighted by Gasteiger charge is -2.15. The molecule has 3 aromatic rings. The number of benzene rings is 2. The van der Waals surface area contributed by atoms with Gasteiger partial charge < -0.3 is 9.67 Å². The maximum atomic E-state index is 12.6. The van der Waals surface area contributed by atoms with E-state index >= 15 is 0 Å². The minimum absolute atomic E-state index is 0.0774. The molecule has 0 unspecified atom stereocenters. The standard InChI is InChI=1S/C17H14BrNO2/c1-10-7-8-11-13(9-10)15(18)16(19(2)17(11)21)12-5-3-4-6-14(12)20/h3-9,20H,1-2H3. The fourth-order valence-corrected chi connectivity index (χ4v) is 3.36. The Morgan fingerprint density at radius 1 is 1.10 bits per heavy atom. The third-order valence-electron chi connectivity index (χ3n) is 3.65. The molecule has 3 nitrogen and oxygen atoms in total. The number of phenols is 1. The van der Waals surface area contributed by atoms with Crippen LogP contribution in [-0.2, 0) is 7.05 Å². The predicted molar refractivity (Wildman–Crippen MR) is 88.7 cm³/mol. The minimum atomic E-state index is -0.0774. The summed E-state index contributed by atoms with van der Waals surface area (Å²) in [6.07, 6.45) is 0. The number of aromatic hydroxyl groups is 1. The first-order chi connectivity index (χ1) is 10.0. The van der Waals surface area contributed by atoms with Crippen LogP contribution in [0.3, 0.4) is 0 Å². The topological polar surface area (TPSA) is 42.2 Å². The van der Waals surface area contributed by atoms with Crippen molar-refractivity contribution < 1.29 is 5.11 Å². The number of fused-ring (bicyclic) bond motifs is 1. The summed E-state index contributed by atoms with van der Waals surface area (Å²) in [7, 11) is 1.72. The van der Waals surface area contributed by atoms with E-state index in [-0.39, 0.29) is 11.3 Å². The molecule has 0 spiro atoms. The van der Waals surface area contributed by atoms with Gasteiger partial charge in [0.1, 0.15) is 5.75 Å². The second-order valence-corrected chi connectivity index (χ2v) is 5.89. The summed E-state index contributed by atoms with van der Waals surface area (Å²) < 4.78 is 2.38. The average molecular weight is 344 g/mol. The fourth-order valence-electron chi connectivity index (χ4n) is 2.56. The molecule has 0 atom stereocenters. The summed E-state index contributed by atoms with van der Waals surface area (Å²) in [6, 6.07) is 12.8.